The maximum absolute atomic E-state index is 12.9. The molecule has 2 N–H and O–H groups in total. The highest BCUT2D eigenvalue weighted by Gasteiger charge is 2.16. The second-order valence-corrected chi connectivity index (χ2v) is 7.44. The monoisotopic (exact) mass is 404 g/mol. The van der Waals surface area contributed by atoms with Crippen LogP contribution in [0.25, 0.3) is 22.2 Å². The van der Waals surface area contributed by atoms with Crippen LogP contribution < -0.4 is 10.6 Å². The van der Waals surface area contributed by atoms with Crippen molar-refractivity contribution in [3.05, 3.63) is 65.7 Å². The van der Waals surface area contributed by atoms with Crippen LogP contribution in [0.15, 0.2) is 60.0 Å². The van der Waals surface area contributed by atoms with Gasteiger partial charge >= 0.3 is 0 Å². The van der Waals surface area contributed by atoms with Gasteiger partial charge in [0.2, 0.25) is 5.91 Å². The quantitative estimate of drug-likeness (QED) is 0.492. The summed E-state index contributed by atoms with van der Waals surface area (Å²) in [5.74, 6) is -0.286. The number of benzene rings is 2. The highest BCUT2D eigenvalue weighted by Crippen LogP contribution is 2.27. The number of carbonyl (C=O) groups is 2. The first-order valence-electron chi connectivity index (χ1n) is 9.28. The molecule has 0 radical (unpaired) electrons. The van der Waals surface area contributed by atoms with E-state index in [1.54, 1.807) is 0 Å². The standard InChI is InChI=1S/C22H20N4O2S/c1-3-26-19-7-5-4-6-16(19)12-20(26)21(28)25-22-24-18(13-29-22)15-8-10-17(11-9-15)23-14(2)27/h4-13H,3H2,1-2H3,(H,23,27)(H,24,25,28). The van der Waals surface area contributed by atoms with Gasteiger partial charge < -0.3 is 9.88 Å². The van der Waals surface area contributed by atoms with Gasteiger partial charge in [-0.05, 0) is 31.2 Å². The van der Waals surface area contributed by atoms with E-state index in [4.69, 9.17) is 0 Å². The smallest absolute Gasteiger partial charge is 0.274 e. The molecule has 0 saturated heterocycles. The van der Waals surface area contributed by atoms with E-state index in [-0.39, 0.29) is 11.8 Å². The molecule has 0 atom stereocenters. The van der Waals surface area contributed by atoms with Gasteiger partial charge in [0.05, 0.1) is 5.69 Å². The van der Waals surface area contributed by atoms with Gasteiger partial charge in [-0.25, -0.2) is 4.98 Å². The first-order valence-corrected chi connectivity index (χ1v) is 10.2. The molecule has 29 heavy (non-hydrogen) atoms. The number of anilines is 2. The third kappa shape index (κ3) is 3.90. The molecule has 0 bridgehead atoms. The zero-order chi connectivity index (χ0) is 20.4. The molecular formula is C22H20N4O2S. The summed E-state index contributed by atoms with van der Waals surface area (Å²) in [6, 6.07) is 17.3. The average molecular weight is 404 g/mol. The molecule has 0 aliphatic heterocycles. The van der Waals surface area contributed by atoms with Crippen LogP contribution in [0.2, 0.25) is 0 Å². The Morgan fingerprint density at radius 1 is 1.07 bits per heavy atom. The molecule has 0 aliphatic carbocycles. The number of hydrogen-bond acceptors (Lipinski definition) is 4. The molecule has 2 amide bonds. The molecule has 2 aromatic heterocycles. The Kier molecular flexibility index (Phi) is 5.14. The van der Waals surface area contributed by atoms with Gasteiger partial charge in [0.25, 0.3) is 5.91 Å². The Morgan fingerprint density at radius 3 is 2.55 bits per heavy atom. The first-order chi connectivity index (χ1) is 14.0. The molecule has 0 fully saturated rings. The third-order valence-corrected chi connectivity index (χ3v) is 5.34. The van der Waals surface area contributed by atoms with E-state index in [0.29, 0.717) is 17.4 Å². The summed E-state index contributed by atoms with van der Waals surface area (Å²) in [7, 11) is 0. The number of amides is 2. The number of carbonyl (C=O) groups excluding carboxylic acids is 2. The van der Waals surface area contributed by atoms with Crippen LogP contribution >= 0.6 is 11.3 Å². The number of hydrogen-bond donors (Lipinski definition) is 2. The minimum absolute atomic E-state index is 0.110. The topological polar surface area (TPSA) is 76.0 Å². The highest BCUT2D eigenvalue weighted by atomic mass is 32.1. The van der Waals surface area contributed by atoms with Crippen LogP contribution in [-0.2, 0) is 11.3 Å². The molecule has 0 saturated carbocycles. The molecule has 4 rings (SSSR count). The molecule has 4 aromatic rings. The number of nitrogens with one attached hydrogen (secondary N) is 2. The Hall–Kier alpha value is -3.45. The first kappa shape index (κ1) is 18.9. The number of fused-ring (bicyclic) bond motifs is 1. The molecular weight excluding hydrogens is 384 g/mol. The summed E-state index contributed by atoms with van der Waals surface area (Å²) in [6.45, 7) is 4.20. The van der Waals surface area contributed by atoms with Crippen molar-refractivity contribution < 1.29 is 9.59 Å². The van der Waals surface area contributed by atoms with Crippen LogP contribution in [0.3, 0.4) is 0 Å². The summed E-state index contributed by atoms with van der Waals surface area (Å²) >= 11 is 1.38. The molecule has 0 spiro atoms. The second kappa shape index (κ2) is 7.89. The van der Waals surface area contributed by atoms with Gasteiger partial charge in [0.15, 0.2) is 5.13 Å². The van der Waals surface area contributed by atoms with Crippen molar-refractivity contribution in [2.75, 3.05) is 10.6 Å². The zero-order valence-electron chi connectivity index (χ0n) is 16.1. The van der Waals surface area contributed by atoms with Crippen molar-refractivity contribution in [1.29, 1.82) is 0 Å². The van der Waals surface area contributed by atoms with E-state index in [1.165, 1.54) is 18.3 Å². The highest BCUT2D eigenvalue weighted by molar-refractivity contribution is 7.14. The summed E-state index contributed by atoms with van der Waals surface area (Å²) in [6.07, 6.45) is 0. The van der Waals surface area contributed by atoms with Gasteiger partial charge in [-0.1, -0.05) is 30.3 Å². The summed E-state index contributed by atoms with van der Waals surface area (Å²) < 4.78 is 2.00. The number of nitrogens with zero attached hydrogens (tertiary/aromatic N) is 2. The van der Waals surface area contributed by atoms with Gasteiger partial charge in [0, 0.05) is 41.0 Å². The van der Waals surface area contributed by atoms with Crippen molar-refractivity contribution >= 4 is 44.9 Å². The van der Waals surface area contributed by atoms with Crippen molar-refractivity contribution in [2.45, 2.75) is 20.4 Å². The average Bonchev–Trinajstić information content (AvgIpc) is 3.32. The number of aryl methyl sites for hydroxylation is 1. The van der Waals surface area contributed by atoms with E-state index < -0.39 is 0 Å². The molecule has 146 valence electrons. The van der Waals surface area contributed by atoms with Crippen LogP contribution in [-0.4, -0.2) is 21.4 Å². The number of thiazole rings is 1. The minimum Gasteiger partial charge on any atom is -0.337 e. The lowest BCUT2D eigenvalue weighted by molar-refractivity contribution is -0.114. The van der Waals surface area contributed by atoms with Gasteiger partial charge in [-0.3, -0.25) is 14.9 Å². The van der Waals surface area contributed by atoms with Crippen molar-refractivity contribution in [3.63, 3.8) is 0 Å². The Bertz CT molecular complexity index is 1190. The lowest BCUT2D eigenvalue weighted by atomic mass is 10.1. The molecule has 2 aromatic carbocycles. The number of aromatic nitrogens is 2. The Balaban J connectivity index is 1.53. The predicted octanol–water partition coefficient (Wildman–Crippen LogP) is 5.00. The minimum atomic E-state index is -0.176. The van der Waals surface area contributed by atoms with E-state index in [1.807, 2.05) is 71.5 Å². The maximum atomic E-state index is 12.9. The number of rotatable bonds is 5. The lowest BCUT2D eigenvalue weighted by Gasteiger charge is -2.07. The lowest BCUT2D eigenvalue weighted by Crippen LogP contribution is -2.16. The van der Waals surface area contributed by atoms with E-state index in [2.05, 4.69) is 15.6 Å². The van der Waals surface area contributed by atoms with Gasteiger partial charge in [0.1, 0.15) is 5.69 Å². The van der Waals surface area contributed by atoms with E-state index in [9.17, 15) is 9.59 Å². The van der Waals surface area contributed by atoms with Crippen molar-refractivity contribution in [3.8, 4) is 11.3 Å². The second-order valence-electron chi connectivity index (χ2n) is 6.58. The fourth-order valence-corrected chi connectivity index (χ4v) is 4.01. The van der Waals surface area contributed by atoms with E-state index in [0.717, 1.165) is 27.8 Å². The SMILES string of the molecule is CCn1c(C(=O)Nc2nc(-c3ccc(NC(C)=O)cc3)cs2)cc2ccccc21. The molecule has 0 aliphatic rings. The maximum Gasteiger partial charge on any atom is 0.274 e. The normalized spacial score (nSPS) is 10.8. The van der Waals surface area contributed by atoms with Gasteiger partial charge in [-0.15, -0.1) is 11.3 Å². The fraction of sp³-hybridized carbons (Fsp3) is 0.136. The fourth-order valence-electron chi connectivity index (χ4n) is 3.29. The Labute approximate surface area is 172 Å². The largest absolute Gasteiger partial charge is 0.337 e. The predicted molar refractivity (Wildman–Crippen MR) is 117 cm³/mol. The van der Waals surface area contributed by atoms with E-state index >= 15 is 0 Å². The number of para-hydroxylation sites is 1. The molecule has 2 heterocycles. The molecule has 7 heteroatoms. The third-order valence-electron chi connectivity index (χ3n) is 4.59. The van der Waals surface area contributed by atoms with Crippen LogP contribution in [0.4, 0.5) is 10.8 Å². The summed E-state index contributed by atoms with van der Waals surface area (Å²) in [5, 5.41) is 9.14. The molecule has 0 unspecified atom stereocenters. The van der Waals surface area contributed by atoms with Crippen LogP contribution in [0, 0.1) is 0 Å². The van der Waals surface area contributed by atoms with Crippen LogP contribution in [0.1, 0.15) is 24.3 Å². The van der Waals surface area contributed by atoms with Crippen molar-refractivity contribution in [2.24, 2.45) is 0 Å². The van der Waals surface area contributed by atoms with Gasteiger partial charge in [-0.2, -0.15) is 0 Å². The van der Waals surface area contributed by atoms with Crippen molar-refractivity contribution in [1.82, 2.24) is 9.55 Å². The summed E-state index contributed by atoms with van der Waals surface area (Å²) in [5.41, 5.74) is 4.08. The van der Waals surface area contributed by atoms with Crippen LogP contribution in [0.5, 0.6) is 0 Å². The zero-order valence-corrected chi connectivity index (χ0v) is 16.9. The summed E-state index contributed by atoms with van der Waals surface area (Å²) in [4.78, 5) is 28.5. The molecule has 6 nitrogen and oxygen atoms in total. The Morgan fingerprint density at radius 2 is 1.83 bits per heavy atom.